The minimum Gasteiger partial charge on any atom is -0.325 e. The standard InChI is InChI=1S/C14H15N9S/c1-17-14(24-2)20-13(16)12(9-19-18-8-7-15)23-11-6-4-3-5-10(11)21-22-23/h3-6,9,16,18-19H,1,8H2,2H3. The van der Waals surface area contributed by atoms with Crippen LogP contribution in [-0.2, 0) is 0 Å². The number of fused-ring (bicyclic) bond motifs is 1. The van der Waals surface area contributed by atoms with Gasteiger partial charge in [0.15, 0.2) is 11.0 Å². The second-order valence-corrected chi connectivity index (χ2v) is 5.05. The lowest BCUT2D eigenvalue weighted by molar-refractivity contribution is 0.684. The van der Waals surface area contributed by atoms with Crippen LogP contribution in [0.1, 0.15) is 0 Å². The van der Waals surface area contributed by atoms with E-state index in [2.05, 4.69) is 37.9 Å². The summed E-state index contributed by atoms with van der Waals surface area (Å²) in [5.74, 6) is -0.0753. The highest BCUT2D eigenvalue weighted by atomic mass is 32.2. The number of hydrogen-bond acceptors (Lipinski definition) is 7. The van der Waals surface area contributed by atoms with Gasteiger partial charge in [-0.25, -0.2) is 20.1 Å². The van der Waals surface area contributed by atoms with Crippen LogP contribution in [0.25, 0.3) is 16.7 Å². The number of nitriles is 1. The molecule has 0 saturated carbocycles. The Morgan fingerprint density at radius 2 is 2.33 bits per heavy atom. The van der Waals surface area contributed by atoms with Gasteiger partial charge in [-0.2, -0.15) is 5.26 Å². The first-order chi connectivity index (χ1) is 11.7. The molecule has 0 amide bonds. The molecule has 0 aliphatic carbocycles. The number of hydrogen-bond donors (Lipinski definition) is 3. The molecule has 0 spiro atoms. The number of thioether (sulfide) groups is 1. The Bertz CT molecular complexity index is 843. The second-order valence-electron chi connectivity index (χ2n) is 4.28. The Morgan fingerprint density at radius 3 is 3.04 bits per heavy atom. The molecule has 2 rings (SSSR count). The maximum Gasteiger partial charge on any atom is 0.188 e. The minimum atomic E-state index is -0.0753. The van der Waals surface area contributed by atoms with E-state index in [0.717, 1.165) is 5.52 Å². The highest BCUT2D eigenvalue weighted by molar-refractivity contribution is 8.13. The molecule has 0 atom stereocenters. The summed E-state index contributed by atoms with van der Waals surface area (Å²) in [7, 11) is 0. The first kappa shape index (κ1) is 17.3. The number of aromatic nitrogens is 3. The lowest BCUT2D eigenvalue weighted by atomic mass is 10.3. The summed E-state index contributed by atoms with van der Waals surface area (Å²) in [5, 5.41) is 25.3. The van der Waals surface area contributed by atoms with E-state index in [1.54, 1.807) is 6.26 Å². The van der Waals surface area contributed by atoms with Gasteiger partial charge in [0.25, 0.3) is 0 Å². The third kappa shape index (κ3) is 4.03. The van der Waals surface area contributed by atoms with Gasteiger partial charge in [0.2, 0.25) is 0 Å². The van der Waals surface area contributed by atoms with E-state index in [4.69, 9.17) is 10.7 Å². The Balaban J connectivity index is 2.43. The third-order valence-electron chi connectivity index (χ3n) is 2.83. The zero-order valence-electron chi connectivity index (χ0n) is 12.9. The van der Waals surface area contributed by atoms with Gasteiger partial charge >= 0.3 is 0 Å². The SMILES string of the molecule is C=NC(=NC(=N)C(=CNNCC#N)n1nnc2ccccc21)SC. The molecular formula is C14H15N9S. The summed E-state index contributed by atoms with van der Waals surface area (Å²) in [4.78, 5) is 7.87. The van der Waals surface area contributed by atoms with E-state index in [1.165, 1.54) is 22.6 Å². The normalized spacial score (nSPS) is 12.0. The van der Waals surface area contributed by atoms with Crippen LogP contribution in [-0.4, -0.2) is 45.5 Å². The lowest BCUT2D eigenvalue weighted by Crippen LogP contribution is -2.28. The molecule has 1 aromatic carbocycles. The highest BCUT2D eigenvalue weighted by Crippen LogP contribution is 2.16. The van der Waals surface area contributed by atoms with E-state index in [1.807, 2.05) is 30.3 Å². The average molecular weight is 341 g/mol. The molecule has 0 aliphatic rings. The molecule has 0 aliphatic heterocycles. The van der Waals surface area contributed by atoms with Crippen molar-refractivity contribution < 1.29 is 0 Å². The summed E-state index contributed by atoms with van der Waals surface area (Å²) in [5.41, 5.74) is 7.17. The van der Waals surface area contributed by atoms with Crippen LogP contribution in [0.5, 0.6) is 0 Å². The third-order valence-corrected chi connectivity index (χ3v) is 3.41. The highest BCUT2D eigenvalue weighted by Gasteiger charge is 2.13. The van der Waals surface area contributed by atoms with Gasteiger partial charge in [0.1, 0.15) is 17.8 Å². The van der Waals surface area contributed by atoms with Crippen molar-refractivity contribution in [3.8, 4) is 6.07 Å². The van der Waals surface area contributed by atoms with Crippen molar-refractivity contribution in [2.24, 2.45) is 9.98 Å². The maximum absolute atomic E-state index is 8.56. The topological polar surface area (TPSA) is 127 Å². The number of benzene rings is 1. The van der Waals surface area contributed by atoms with Gasteiger partial charge in [-0.15, -0.1) is 5.10 Å². The van der Waals surface area contributed by atoms with Crippen LogP contribution in [0.3, 0.4) is 0 Å². The molecule has 1 heterocycles. The first-order valence-corrected chi connectivity index (χ1v) is 7.98. The molecule has 3 N–H and O–H groups in total. The molecule has 0 saturated heterocycles. The fourth-order valence-electron chi connectivity index (χ4n) is 1.79. The van der Waals surface area contributed by atoms with Gasteiger partial charge in [-0.3, -0.25) is 5.41 Å². The second kappa shape index (κ2) is 8.56. The van der Waals surface area contributed by atoms with E-state index in [9.17, 15) is 0 Å². The molecule has 2 aromatic rings. The van der Waals surface area contributed by atoms with Crippen molar-refractivity contribution in [3.05, 3.63) is 30.5 Å². The van der Waals surface area contributed by atoms with Gasteiger partial charge in [-0.1, -0.05) is 29.1 Å². The fraction of sp³-hybridized carbons (Fsp3) is 0.143. The number of aliphatic imine (C=N–C) groups is 2. The number of amidine groups is 2. The van der Waals surface area contributed by atoms with Crippen LogP contribution in [0.15, 0.2) is 40.5 Å². The summed E-state index contributed by atoms with van der Waals surface area (Å²) in [6, 6.07) is 9.31. The quantitative estimate of drug-likeness (QED) is 0.247. The van der Waals surface area contributed by atoms with Crippen LogP contribution in [0, 0.1) is 16.7 Å². The Labute approximate surface area is 142 Å². The molecule has 0 fully saturated rings. The van der Waals surface area contributed by atoms with Crippen LogP contribution in [0.2, 0.25) is 0 Å². The monoisotopic (exact) mass is 341 g/mol. The molecule has 24 heavy (non-hydrogen) atoms. The van der Waals surface area contributed by atoms with Gasteiger partial charge < -0.3 is 5.43 Å². The van der Waals surface area contributed by atoms with Crippen molar-refractivity contribution in [2.45, 2.75) is 0 Å². The first-order valence-electron chi connectivity index (χ1n) is 6.76. The summed E-state index contributed by atoms with van der Waals surface area (Å²) in [6.07, 6.45) is 3.28. The van der Waals surface area contributed by atoms with E-state index < -0.39 is 0 Å². The molecule has 0 radical (unpaired) electrons. The Hall–Kier alpha value is -3.03. The predicted molar refractivity (Wildman–Crippen MR) is 96.8 cm³/mol. The average Bonchev–Trinajstić information content (AvgIpc) is 3.03. The molecule has 1 aromatic heterocycles. The molecular weight excluding hydrogens is 326 g/mol. The zero-order chi connectivity index (χ0) is 17.4. The maximum atomic E-state index is 8.56. The van der Waals surface area contributed by atoms with Crippen molar-refractivity contribution in [1.82, 2.24) is 25.8 Å². The molecule has 122 valence electrons. The van der Waals surface area contributed by atoms with Crippen molar-refractivity contribution >= 4 is 46.2 Å². The van der Waals surface area contributed by atoms with E-state index >= 15 is 0 Å². The Morgan fingerprint density at radius 1 is 1.54 bits per heavy atom. The van der Waals surface area contributed by atoms with Gasteiger partial charge in [0, 0.05) is 6.20 Å². The number of nitrogens with zero attached hydrogens (tertiary/aromatic N) is 6. The van der Waals surface area contributed by atoms with Gasteiger partial charge in [-0.05, 0) is 25.1 Å². The predicted octanol–water partition coefficient (Wildman–Crippen LogP) is 1.24. The largest absolute Gasteiger partial charge is 0.325 e. The molecule has 10 heteroatoms. The van der Waals surface area contributed by atoms with Crippen LogP contribution >= 0.6 is 11.8 Å². The van der Waals surface area contributed by atoms with Gasteiger partial charge in [0.05, 0.1) is 11.6 Å². The van der Waals surface area contributed by atoms with E-state index in [-0.39, 0.29) is 12.4 Å². The van der Waals surface area contributed by atoms with Crippen molar-refractivity contribution in [2.75, 3.05) is 12.8 Å². The molecule has 0 unspecified atom stereocenters. The minimum absolute atomic E-state index is 0.0753. The smallest absolute Gasteiger partial charge is 0.188 e. The molecule has 0 bridgehead atoms. The number of hydrazine groups is 1. The number of para-hydroxylation sites is 1. The summed E-state index contributed by atoms with van der Waals surface area (Å²) >= 11 is 1.28. The fourth-order valence-corrected chi connectivity index (χ4v) is 2.10. The van der Waals surface area contributed by atoms with Crippen molar-refractivity contribution in [3.63, 3.8) is 0 Å². The number of rotatable bonds is 5. The van der Waals surface area contributed by atoms with Crippen LogP contribution in [0.4, 0.5) is 0 Å². The summed E-state index contributed by atoms with van der Waals surface area (Å²) in [6.45, 7) is 3.53. The van der Waals surface area contributed by atoms with Crippen LogP contribution < -0.4 is 10.9 Å². The van der Waals surface area contributed by atoms with Crippen molar-refractivity contribution in [1.29, 1.82) is 10.7 Å². The zero-order valence-corrected chi connectivity index (χ0v) is 13.7. The lowest BCUT2D eigenvalue weighted by Gasteiger charge is -2.08. The Kier molecular flexibility index (Phi) is 6.18. The number of nitrogens with one attached hydrogen (secondary N) is 3. The van der Waals surface area contributed by atoms with E-state index in [0.29, 0.717) is 16.4 Å². The molecule has 9 nitrogen and oxygen atoms in total. The summed E-state index contributed by atoms with van der Waals surface area (Å²) < 4.78 is 1.49.